The molecule has 0 bridgehead atoms. The van der Waals surface area contributed by atoms with Crippen LogP contribution in [0.3, 0.4) is 0 Å². The molecular formula is C26H20N4O3S. The first-order chi connectivity index (χ1) is 16.4. The summed E-state index contributed by atoms with van der Waals surface area (Å²) < 4.78 is 0. The minimum absolute atomic E-state index is 0.253. The molecular weight excluding hydrogens is 448 g/mol. The number of carbonyl (C=O) groups is 3. The van der Waals surface area contributed by atoms with Gasteiger partial charge in [-0.15, -0.1) is 11.3 Å². The SMILES string of the molecule is CC(C)N1C(=O)c2ccc(C(=O)Nc3cccc(-c4csc(-c5ccccn5)n4)c3)cc2C1=O. The Kier molecular flexibility index (Phi) is 5.51. The normalized spacial score (nSPS) is 12.9. The molecule has 2 aromatic carbocycles. The van der Waals surface area contributed by atoms with E-state index in [9.17, 15) is 14.4 Å². The van der Waals surface area contributed by atoms with Crippen molar-refractivity contribution in [2.75, 3.05) is 5.32 Å². The second-order valence-corrected chi connectivity index (χ2v) is 8.98. The maximum atomic E-state index is 12.9. The molecule has 0 aliphatic carbocycles. The predicted molar refractivity (Wildman–Crippen MR) is 131 cm³/mol. The van der Waals surface area contributed by atoms with Gasteiger partial charge in [-0.1, -0.05) is 18.2 Å². The third-order valence-corrected chi connectivity index (χ3v) is 6.37. The van der Waals surface area contributed by atoms with E-state index in [2.05, 4.69) is 15.3 Å². The van der Waals surface area contributed by atoms with Crippen LogP contribution < -0.4 is 5.32 Å². The summed E-state index contributed by atoms with van der Waals surface area (Å²) in [6, 6.07) is 17.4. The highest BCUT2D eigenvalue weighted by molar-refractivity contribution is 7.13. The number of hydrogen-bond donors (Lipinski definition) is 1. The molecule has 2 aromatic heterocycles. The first kappa shape index (κ1) is 21.7. The van der Waals surface area contributed by atoms with Gasteiger partial charge >= 0.3 is 0 Å². The summed E-state index contributed by atoms with van der Waals surface area (Å²) >= 11 is 1.50. The van der Waals surface area contributed by atoms with E-state index in [4.69, 9.17) is 0 Å². The standard InChI is InChI=1S/C26H20N4O3S/c1-15(2)30-25(32)19-10-9-17(13-20(19)26(30)33)23(31)28-18-7-5-6-16(12-18)22-14-34-24(29-22)21-8-3-4-11-27-21/h3-15H,1-2H3,(H,28,31). The average molecular weight is 469 g/mol. The van der Waals surface area contributed by atoms with Crippen molar-refractivity contribution in [3.8, 4) is 22.0 Å². The Bertz CT molecular complexity index is 1430. The summed E-state index contributed by atoms with van der Waals surface area (Å²) in [4.78, 5) is 48.3. The minimum atomic E-state index is -0.376. The van der Waals surface area contributed by atoms with Crippen molar-refractivity contribution in [2.24, 2.45) is 0 Å². The fourth-order valence-electron chi connectivity index (χ4n) is 3.84. The van der Waals surface area contributed by atoms with E-state index in [1.54, 1.807) is 32.2 Å². The molecule has 0 radical (unpaired) electrons. The highest BCUT2D eigenvalue weighted by Crippen LogP contribution is 2.30. The molecule has 0 saturated carbocycles. The zero-order valence-corrected chi connectivity index (χ0v) is 19.3. The molecule has 7 nitrogen and oxygen atoms in total. The lowest BCUT2D eigenvalue weighted by atomic mass is 10.1. The number of hydrogen-bond acceptors (Lipinski definition) is 6. The second kappa shape index (κ2) is 8.64. The number of thiazole rings is 1. The van der Waals surface area contributed by atoms with Crippen molar-refractivity contribution in [1.82, 2.24) is 14.9 Å². The van der Waals surface area contributed by atoms with Crippen LogP contribution in [-0.2, 0) is 0 Å². The number of amides is 3. The van der Waals surface area contributed by atoms with Crippen molar-refractivity contribution < 1.29 is 14.4 Å². The van der Waals surface area contributed by atoms with Crippen molar-refractivity contribution in [3.63, 3.8) is 0 Å². The van der Waals surface area contributed by atoms with Gasteiger partial charge in [0.05, 0.1) is 22.5 Å². The molecule has 34 heavy (non-hydrogen) atoms. The van der Waals surface area contributed by atoms with E-state index in [-0.39, 0.29) is 29.3 Å². The van der Waals surface area contributed by atoms with Gasteiger partial charge in [0, 0.05) is 34.4 Å². The molecule has 3 heterocycles. The third kappa shape index (κ3) is 3.88. The van der Waals surface area contributed by atoms with Crippen molar-refractivity contribution in [2.45, 2.75) is 19.9 Å². The molecule has 1 aliphatic heterocycles. The van der Waals surface area contributed by atoms with Gasteiger partial charge in [-0.25, -0.2) is 4.98 Å². The molecule has 0 fully saturated rings. The molecule has 1 aliphatic rings. The number of aromatic nitrogens is 2. The number of benzene rings is 2. The van der Waals surface area contributed by atoms with E-state index in [1.165, 1.54) is 28.4 Å². The van der Waals surface area contributed by atoms with Crippen molar-refractivity contribution in [1.29, 1.82) is 0 Å². The molecule has 4 aromatic rings. The fourth-order valence-corrected chi connectivity index (χ4v) is 4.65. The third-order valence-electron chi connectivity index (χ3n) is 5.50. The second-order valence-electron chi connectivity index (χ2n) is 8.12. The number of rotatable bonds is 5. The zero-order chi connectivity index (χ0) is 23.8. The Labute approximate surface area is 200 Å². The minimum Gasteiger partial charge on any atom is -0.322 e. The Morgan fingerprint density at radius 2 is 1.76 bits per heavy atom. The monoisotopic (exact) mass is 468 g/mol. The van der Waals surface area contributed by atoms with E-state index in [0.717, 1.165) is 22.0 Å². The van der Waals surface area contributed by atoms with E-state index in [1.807, 2.05) is 41.8 Å². The lowest BCUT2D eigenvalue weighted by Crippen LogP contribution is -2.35. The number of anilines is 1. The summed E-state index contributed by atoms with van der Waals surface area (Å²) in [5.74, 6) is -1.07. The van der Waals surface area contributed by atoms with Crippen LogP contribution in [-0.4, -0.2) is 38.6 Å². The van der Waals surface area contributed by atoms with E-state index in [0.29, 0.717) is 16.8 Å². The average Bonchev–Trinajstić information content (AvgIpc) is 3.43. The molecule has 8 heteroatoms. The van der Waals surface area contributed by atoms with E-state index < -0.39 is 0 Å². The quantitative estimate of drug-likeness (QED) is 0.410. The summed E-state index contributed by atoms with van der Waals surface area (Å²) in [6.07, 6.45) is 1.73. The summed E-state index contributed by atoms with van der Waals surface area (Å²) in [6.45, 7) is 3.56. The van der Waals surface area contributed by atoms with Crippen LogP contribution in [0.5, 0.6) is 0 Å². The molecule has 168 valence electrons. The number of fused-ring (bicyclic) bond motifs is 1. The highest BCUT2D eigenvalue weighted by Gasteiger charge is 2.37. The molecule has 5 rings (SSSR count). The van der Waals surface area contributed by atoms with Crippen LogP contribution in [0, 0.1) is 0 Å². The topological polar surface area (TPSA) is 92.3 Å². The molecule has 1 N–H and O–H groups in total. The molecule has 0 atom stereocenters. The lowest BCUT2D eigenvalue weighted by Gasteiger charge is -2.17. The number of nitrogens with zero attached hydrogens (tertiary/aromatic N) is 3. The van der Waals surface area contributed by atoms with Gasteiger partial charge in [0.25, 0.3) is 17.7 Å². The molecule has 0 saturated heterocycles. The summed E-state index contributed by atoms with van der Waals surface area (Å²) in [7, 11) is 0. The lowest BCUT2D eigenvalue weighted by molar-refractivity contribution is 0.0609. The summed E-state index contributed by atoms with van der Waals surface area (Å²) in [5.41, 5.74) is 3.94. The number of imide groups is 1. The molecule has 3 amide bonds. The number of carbonyl (C=O) groups excluding carboxylic acids is 3. The van der Waals surface area contributed by atoms with Gasteiger partial charge in [0.2, 0.25) is 0 Å². The van der Waals surface area contributed by atoms with Gasteiger partial charge in [0.15, 0.2) is 0 Å². The Morgan fingerprint density at radius 1 is 0.941 bits per heavy atom. The van der Waals surface area contributed by atoms with Gasteiger partial charge in [-0.05, 0) is 56.3 Å². The Hall–Kier alpha value is -4.17. The molecule has 0 spiro atoms. The maximum Gasteiger partial charge on any atom is 0.261 e. The van der Waals surface area contributed by atoms with Gasteiger partial charge in [-0.2, -0.15) is 0 Å². The Morgan fingerprint density at radius 3 is 2.53 bits per heavy atom. The largest absolute Gasteiger partial charge is 0.322 e. The van der Waals surface area contributed by atoms with Crippen LogP contribution in [0.25, 0.3) is 22.0 Å². The van der Waals surface area contributed by atoms with Crippen LogP contribution >= 0.6 is 11.3 Å². The van der Waals surface area contributed by atoms with Crippen LogP contribution in [0.2, 0.25) is 0 Å². The highest BCUT2D eigenvalue weighted by atomic mass is 32.1. The van der Waals surface area contributed by atoms with Crippen LogP contribution in [0.15, 0.2) is 72.2 Å². The predicted octanol–water partition coefficient (Wildman–Crippen LogP) is 5.13. The first-order valence-corrected chi connectivity index (χ1v) is 11.6. The number of nitrogens with one attached hydrogen (secondary N) is 1. The summed E-state index contributed by atoms with van der Waals surface area (Å²) in [5, 5.41) is 5.64. The Balaban J connectivity index is 1.36. The van der Waals surface area contributed by atoms with E-state index >= 15 is 0 Å². The van der Waals surface area contributed by atoms with Crippen LogP contribution in [0.1, 0.15) is 44.9 Å². The smallest absolute Gasteiger partial charge is 0.261 e. The first-order valence-electron chi connectivity index (χ1n) is 10.7. The molecule has 0 unspecified atom stereocenters. The number of pyridine rings is 1. The zero-order valence-electron chi connectivity index (χ0n) is 18.5. The van der Waals surface area contributed by atoms with Crippen LogP contribution in [0.4, 0.5) is 5.69 Å². The van der Waals surface area contributed by atoms with Crippen molar-refractivity contribution >= 4 is 34.7 Å². The van der Waals surface area contributed by atoms with Gasteiger partial charge < -0.3 is 5.32 Å². The van der Waals surface area contributed by atoms with Crippen molar-refractivity contribution in [3.05, 3.63) is 88.9 Å². The van der Waals surface area contributed by atoms with Gasteiger partial charge in [0.1, 0.15) is 5.01 Å². The maximum absolute atomic E-state index is 12.9. The van der Waals surface area contributed by atoms with Gasteiger partial charge in [-0.3, -0.25) is 24.3 Å². The fraction of sp³-hybridized carbons (Fsp3) is 0.115.